The standard InChI is InChI=1S/C16H16BrFN2O/c1-9-6-12(7-10(2)14(9)17)21-8-11-4-3-5-13(15(11)18)16(19)20/h3-7H,8H2,1-2H3,(H3,19,20). The van der Waals surface area contributed by atoms with Crippen LogP contribution in [0.3, 0.4) is 0 Å². The predicted molar refractivity (Wildman–Crippen MR) is 85.4 cm³/mol. The van der Waals surface area contributed by atoms with E-state index < -0.39 is 5.82 Å². The lowest BCUT2D eigenvalue weighted by atomic mass is 10.1. The predicted octanol–water partition coefficient (Wildman–Crippen LogP) is 4.07. The Morgan fingerprint density at radius 1 is 1.29 bits per heavy atom. The van der Waals surface area contributed by atoms with E-state index in [4.69, 9.17) is 15.9 Å². The van der Waals surface area contributed by atoms with Gasteiger partial charge in [0.15, 0.2) is 0 Å². The van der Waals surface area contributed by atoms with E-state index >= 15 is 0 Å². The maximum Gasteiger partial charge on any atom is 0.140 e. The van der Waals surface area contributed by atoms with Gasteiger partial charge < -0.3 is 10.5 Å². The first-order chi connectivity index (χ1) is 9.90. The van der Waals surface area contributed by atoms with Crippen LogP contribution in [0.25, 0.3) is 0 Å². The normalized spacial score (nSPS) is 10.5. The summed E-state index contributed by atoms with van der Waals surface area (Å²) in [5.74, 6) is -0.110. The summed E-state index contributed by atoms with van der Waals surface area (Å²) in [4.78, 5) is 0. The topological polar surface area (TPSA) is 59.1 Å². The Bertz CT molecular complexity index is 678. The molecule has 21 heavy (non-hydrogen) atoms. The lowest BCUT2D eigenvalue weighted by molar-refractivity contribution is 0.299. The van der Waals surface area contributed by atoms with E-state index in [1.807, 2.05) is 26.0 Å². The number of halogens is 2. The molecule has 2 aromatic carbocycles. The second-order valence-corrected chi connectivity index (χ2v) is 5.65. The molecule has 2 aromatic rings. The molecule has 0 saturated heterocycles. The number of nitrogens with one attached hydrogen (secondary N) is 1. The summed E-state index contributed by atoms with van der Waals surface area (Å²) in [6, 6.07) is 8.56. The van der Waals surface area contributed by atoms with Crippen LogP contribution < -0.4 is 10.5 Å². The van der Waals surface area contributed by atoms with Crippen molar-refractivity contribution < 1.29 is 9.13 Å². The lowest BCUT2D eigenvalue weighted by Crippen LogP contribution is -2.14. The number of aryl methyl sites for hydroxylation is 2. The third-order valence-corrected chi connectivity index (χ3v) is 4.42. The van der Waals surface area contributed by atoms with Gasteiger partial charge in [-0.25, -0.2) is 4.39 Å². The van der Waals surface area contributed by atoms with E-state index in [0.717, 1.165) is 15.6 Å². The SMILES string of the molecule is Cc1cc(OCc2cccc(C(=N)N)c2F)cc(C)c1Br. The maximum absolute atomic E-state index is 14.1. The maximum atomic E-state index is 14.1. The van der Waals surface area contributed by atoms with Crippen molar-refractivity contribution in [3.63, 3.8) is 0 Å². The molecule has 3 N–H and O–H groups in total. The Kier molecular flexibility index (Phi) is 4.63. The second-order valence-electron chi connectivity index (χ2n) is 4.85. The van der Waals surface area contributed by atoms with Gasteiger partial charge >= 0.3 is 0 Å². The minimum atomic E-state index is -0.504. The van der Waals surface area contributed by atoms with Crippen molar-refractivity contribution in [2.24, 2.45) is 5.73 Å². The van der Waals surface area contributed by atoms with Crippen LogP contribution in [0.5, 0.6) is 5.75 Å². The summed E-state index contributed by atoms with van der Waals surface area (Å²) < 4.78 is 20.8. The molecule has 0 bridgehead atoms. The van der Waals surface area contributed by atoms with E-state index in [2.05, 4.69) is 15.9 Å². The van der Waals surface area contributed by atoms with Gasteiger partial charge in [-0.3, -0.25) is 5.41 Å². The van der Waals surface area contributed by atoms with Crippen molar-refractivity contribution >= 4 is 21.8 Å². The minimum absolute atomic E-state index is 0.0907. The summed E-state index contributed by atoms with van der Waals surface area (Å²) in [5.41, 5.74) is 7.93. The number of nitrogens with two attached hydrogens (primary N) is 1. The van der Waals surface area contributed by atoms with Crippen LogP contribution in [0.4, 0.5) is 4.39 Å². The average Bonchev–Trinajstić information content (AvgIpc) is 2.43. The fraction of sp³-hybridized carbons (Fsp3) is 0.188. The molecule has 5 heteroatoms. The van der Waals surface area contributed by atoms with Crippen LogP contribution in [-0.2, 0) is 6.61 Å². The number of rotatable bonds is 4. The van der Waals surface area contributed by atoms with Crippen LogP contribution in [0, 0.1) is 25.1 Å². The summed E-state index contributed by atoms with van der Waals surface area (Å²) in [7, 11) is 0. The molecule has 0 atom stereocenters. The molecule has 110 valence electrons. The van der Waals surface area contributed by atoms with Gasteiger partial charge in [-0.1, -0.05) is 28.1 Å². The summed E-state index contributed by atoms with van der Waals surface area (Å²) in [6.07, 6.45) is 0. The molecule has 0 heterocycles. The Morgan fingerprint density at radius 2 is 1.90 bits per heavy atom. The van der Waals surface area contributed by atoms with Gasteiger partial charge in [0.1, 0.15) is 24.0 Å². The molecule has 0 spiro atoms. The van der Waals surface area contributed by atoms with Crippen LogP contribution in [0.1, 0.15) is 22.3 Å². The van der Waals surface area contributed by atoms with Crippen molar-refractivity contribution in [2.45, 2.75) is 20.5 Å². The zero-order chi connectivity index (χ0) is 15.6. The number of ether oxygens (including phenoxy) is 1. The van der Waals surface area contributed by atoms with Crippen molar-refractivity contribution in [3.8, 4) is 5.75 Å². The number of amidine groups is 1. The highest BCUT2D eigenvalue weighted by Crippen LogP contribution is 2.27. The largest absolute Gasteiger partial charge is 0.489 e. The van der Waals surface area contributed by atoms with Crippen molar-refractivity contribution in [1.29, 1.82) is 5.41 Å². The van der Waals surface area contributed by atoms with E-state index in [1.54, 1.807) is 12.1 Å². The average molecular weight is 351 g/mol. The third-order valence-electron chi connectivity index (χ3n) is 3.17. The van der Waals surface area contributed by atoms with Crippen molar-refractivity contribution in [1.82, 2.24) is 0 Å². The quantitative estimate of drug-likeness (QED) is 0.644. The number of hydrogen-bond donors (Lipinski definition) is 2. The molecule has 0 fully saturated rings. The highest BCUT2D eigenvalue weighted by atomic mass is 79.9. The molecular formula is C16H16BrFN2O. The van der Waals surface area contributed by atoms with Gasteiger partial charge in [0.2, 0.25) is 0 Å². The molecule has 0 aliphatic heterocycles. The van der Waals surface area contributed by atoms with Crippen molar-refractivity contribution in [3.05, 3.63) is 62.9 Å². The minimum Gasteiger partial charge on any atom is -0.489 e. The molecule has 0 amide bonds. The summed E-state index contributed by atoms with van der Waals surface area (Å²) in [6.45, 7) is 4.04. The molecule has 0 aliphatic rings. The van der Waals surface area contributed by atoms with Gasteiger partial charge in [0.05, 0.1) is 5.56 Å². The first-order valence-corrected chi connectivity index (χ1v) is 7.20. The monoisotopic (exact) mass is 350 g/mol. The Balaban J connectivity index is 2.21. The zero-order valence-electron chi connectivity index (χ0n) is 11.8. The van der Waals surface area contributed by atoms with Gasteiger partial charge in [0, 0.05) is 10.0 Å². The number of hydrogen-bond acceptors (Lipinski definition) is 2. The molecule has 0 saturated carbocycles. The fourth-order valence-electron chi connectivity index (χ4n) is 2.05. The van der Waals surface area contributed by atoms with E-state index in [9.17, 15) is 4.39 Å². The van der Waals surface area contributed by atoms with E-state index in [0.29, 0.717) is 11.3 Å². The Morgan fingerprint density at radius 3 is 2.48 bits per heavy atom. The Hall–Kier alpha value is -1.88. The van der Waals surface area contributed by atoms with Crippen LogP contribution in [0.2, 0.25) is 0 Å². The molecular weight excluding hydrogens is 335 g/mol. The smallest absolute Gasteiger partial charge is 0.140 e. The van der Waals surface area contributed by atoms with Crippen molar-refractivity contribution in [2.75, 3.05) is 0 Å². The Labute approximate surface area is 131 Å². The first-order valence-electron chi connectivity index (χ1n) is 6.41. The van der Waals surface area contributed by atoms with Crippen LogP contribution in [0.15, 0.2) is 34.8 Å². The highest BCUT2D eigenvalue weighted by molar-refractivity contribution is 9.10. The van der Waals surface area contributed by atoms with Gasteiger partial charge in [-0.15, -0.1) is 0 Å². The van der Waals surface area contributed by atoms with Crippen LogP contribution in [-0.4, -0.2) is 5.84 Å². The molecule has 0 aromatic heterocycles. The van der Waals surface area contributed by atoms with Gasteiger partial charge in [0.25, 0.3) is 0 Å². The van der Waals surface area contributed by atoms with Crippen LogP contribution >= 0.6 is 15.9 Å². The van der Waals surface area contributed by atoms with Gasteiger partial charge in [-0.05, 0) is 43.2 Å². The molecule has 2 rings (SSSR count). The van der Waals surface area contributed by atoms with E-state index in [1.165, 1.54) is 6.07 Å². The second kappa shape index (κ2) is 6.26. The van der Waals surface area contributed by atoms with E-state index in [-0.39, 0.29) is 18.0 Å². The first kappa shape index (κ1) is 15.5. The van der Waals surface area contributed by atoms with Gasteiger partial charge in [-0.2, -0.15) is 0 Å². The lowest BCUT2D eigenvalue weighted by Gasteiger charge is -2.12. The number of nitrogen functional groups attached to an aromatic ring is 1. The zero-order valence-corrected chi connectivity index (χ0v) is 13.4. The molecule has 0 radical (unpaired) electrons. The molecule has 0 unspecified atom stereocenters. The molecule has 3 nitrogen and oxygen atoms in total. The molecule has 0 aliphatic carbocycles. The highest BCUT2D eigenvalue weighted by Gasteiger charge is 2.11. The third kappa shape index (κ3) is 3.42. The summed E-state index contributed by atoms with van der Waals surface area (Å²) >= 11 is 3.49. The summed E-state index contributed by atoms with van der Waals surface area (Å²) in [5, 5.41) is 7.34. The fourth-order valence-corrected chi connectivity index (χ4v) is 2.28. The number of benzene rings is 2.